The van der Waals surface area contributed by atoms with Crippen LogP contribution < -0.4 is 4.90 Å². The number of ether oxygens (including phenoxy) is 1. The zero-order chi connectivity index (χ0) is 19.3. The van der Waals surface area contributed by atoms with Crippen molar-refractivity contribution in [3.8, 4) is 6.07 Å². The Morgan fingerprint density at radius 3 is 2.82 bits per heavy atom. The molecule has 0 fully saturated rings. The summed E-state index contributed by atoms with van der Waals surface area (Å²) in [6.45, 7) is 0.640. The number of carbonyl (C=O) groups excluding carboxylic acids is 1. The first-order valence-corrected chi connectivity index (χ1v) is 9.65. The molecular weight excluding hydrogens is 352 g/mol. The minimum Gasteiger partial charge on any atom is -0.456 e. The molecule has 0 saturated carbocycles. The number of aliphatic hydroxyl groups is 1. The maximum atomic E-state index is 12.7. The highest BCUT2D eigenvalue weighted by molar-refractivity contribution is 5.97. The average Bonchev–Trinajstić information content (AvgIpc) is 3.33. The molecule has 2 aliphatic heterocycles. The molecule has 0 aromatic heterocycles. The summed E-state index contributed by atoms with van der Waals surface area (Å²) in [6.07, 6.45) is 3.25. The summed E-state index contributed by atoms with van der Waals surface area (Å²) in [5.74, 6) is -0.564. The molecule has 0 spiro atoms. The number of benzene rings is 2. The van der Waals surface area contributed by atoms with Crippen LogP contribution in [-0.4, -0.2) is 30.8 Å². The van der Waals surface area contributed by atoms with Gasteiger partial charge in [0.05, 0.1) is 29.5 Å². The molecule has 3 aliphatic rings. The van der Waals surface area contributed by atoms with Gasteiger partial charge in [-0.25, -0.2) is 4.79 Å². The molecule has 1 N–H and O–H groups in total. The highest BCUT2D eigenvalue weighted by Gasteiger charge is 2.42. The molecule has 1 aliphatic carbocycles. The van der Waals surface area contributed by atoms with Crippen LogP contribution in [0.5, 0.6) is 0 Å². The van der Waals surface area contributed by atoms with Crippen LogP contribution >= 0.6 is 0 Å². The zero-order valence-electron chi connectivity index (χ0n) is 15.4. The molecule has 5 nitrogen and oxygen atoms in total. The van der Waals surface area contributed by atoms with E-state index >= 15 is 0 Å². The van der Waals surface area contributed by atoms with Gasteiger partial charge in [0.15, 0.2) is 0 Å². The normalized spacial score (nSPS) is 19.8. The Hall–Kier alpha value is -3.10. The van der Waals surface area contributed by atoms with Crippen molar-refractivity contribution in [1.82, 2.24) is 0 Å². The van der Waals surface area contributed by atoms with E-state index in [1.807, 2.05) is 23.1 Å². The fourth-order valence-corrected chi connectivity index (χ4v) is 4.80. The van der Waals surface area contributed by atoms with E-state index in [-0.39, 0.29) is 25.1 Å². The lowest BCUT2D eigenvalue weighted by molar-refractivity contribution is -0.136. The van der Waals surface area contributed by atoms with Crippen LogP contribution in [0, 0.1) is 11.3 Å². The van der Waals surface area contributed by atoms with Crippen LogP contribution in [0.4, 0.5) is 5.69 Å². The topological polar surface area (TPSA) is 73.6 Å². The number of anilines is 1. The van der Waals surface area contributed by atoms with Crippen LogP contribution in [-0.2, 0) is 22.4 Å². The van der Waals surface area contributed by atoms with Gasteiger partial charge in [-0.05, 0) is 59.7 Å². The molecule has 5 heteroatoms. The van der Waals surface area contributed by atoms with Crippen LogP contribution in [0.3, 0.4) is 0 Å². The molecule has 2 aromatic rings. The number of aryl methyl sites for hydroxylation is 2. The number of fused-ring (bicyclic) bond motifs is 2. The maximum Gasteiger partial charge on any atom is 0.337 e. The van der Waals surface area contributed by atoms with E-state index in [9.17, 15) is 15.2 Å². The van der Waals surface area contributed by atoms with Crippen molar-refractivity contribution in [1.29, 1.82) is 5.26 Å². The average molecular weight is 372 g/mol. The largest absolute Gasteiger partial charge is 0.456 e. The number of rotatable bonds is 3. The summed E-state index contributed by atoms with van der Waals surface area (Å²) in [5, 5.41) is 19.0. The summed E-state index contributed by atoms with van der Waals surface area (Å²) >= 11 is 0. The first-order chi connectivity index (χ1) is 13.7. The second-order valence-electron chi connectivity index (χ2n) is 7.52. The SMILES string of the molecule is N#Cc1cccc(C2C3=C(COC3=O)N(CCO)c3cc4c(cc32)CCC4)c1. The van der Waals surface area contributed by atoms with Crippen LogP contribution in [0.25, 0.3) is 0 Å². The fourth-order valence-electron chi connectivity index (χ4n) is 4.80. The van der Waals surface area contributed by atoms with Crippen molar-refractivity contribution in [3.05, 3.63) is 75.5 Å². The summed E-state index contributed by atoms with van der Waals surface area (Å²) in [6, 6.07) is 14.1. The molecule has 2 heterocycles. The van der Waals surface area contributed by atoms with Gasteiger partial charge in [-0.1, -0.05) is 18.2 Å². The fraction of sp³-hybridized carbons (Fsp3) is 0.304. The van der Waals surface area contributed by atoms with Crippen LogP contribution in [0.2, 0.25) is 0 Å². The zero-order valence-corrected chi connectivity index (χ0v) is 15.4. The van der Waals surface area contributed by atoms with Gasteiger partial charge < -0.3 is 14.7 Å². The van der Waals surface area contributed by atoms with E-state index in [1.165, 1.54) is 11.1 Å². The number of β-amino-alcohol motifs (C(OH)–C–C–N with tert-alkyl or cyclic N) is 1. The molecular formula is C23H20N2O3. The minimum atomic E-state index is -0.309. The van der Waals surface area contributed by atoms with Crippen molar-refractivity contribution >= 4 is 11.7 Å². The third-order valence-electron chi connectivity index (χ3n) is 6.00. The lowest BCUT2D eigenvalue weighted by Gasteiger charge is -2.36. The van der Waals surface area contributed by atoms with Gasteiger partial charge in [-0.3, -0.25) is 0 Å². The van der Waals surface area contributed by atoms with Gasteiger partial charge in [-0.15, -0.1) is 0 Å². The lowest BCUT2D eigenvalue weighted by atomic mass is 9.79. The Balaban J connectivity index is 1.77. The molecule has 28 heavy (non-hydrogen) atoms. The van der Waals surface area contributed by atoms with E-state index in [0.717, 1.165) is 41.8 Å². The lowest BCUT2D eigenvalue weighted by Crippen LogP contribution is -2.33. The first-order valence-electron chi connectivity index (χ1n) is 9.65. The quantitative estimate of drug-likeness (QED) is 0.839. The molecule has 2 aromatic carbocycles. The summed E-state index contributed by atoms with van der Waals surface area (Å²) in [4.78, 5) is 14.7. The number of hydrogen-bond donors (Lipinski definition) is 1. The molecule has 1 unspecified atom stereocenters. The molecule has 0 amide bonds. The number of aliphatic hydroxyl groups excluding tert-OH is 1. The minimum absolute atomic E-state index is 0.00389. The smallest absolute Gasteiger partial charge is 0.337 e. The predicted molar refractivity (Wildman–Crippen MR) is 104 cm³/mol. The predicted octanol–water partition coefficient (Wildman–Crippen LogP) is 2.80. The van der Waals surface area contributed by atoms with Crippen molar-refractivity contribution in [3.63, 3.8) is 0 Å². The highest BCUT2D eigenvalue weighted by atomic mass is 16.5. The van der Waals surface area contributed by atoms with Crippen molar-refractivity contribution < 1.29 is 14.6 Å². The summed E-state index contributed by atoms with van der Waals surface area (Å²) in [5.41, 5.74) is 7.74. The van der Waals surface area contributed by atoms with Gasteiger partial charge in [0.25, 0.3) is 0 Å². The Kier molecular flexibility index (Phi) is 3.96. The molecule has 0 bridgehead atoms. The Morgan fingerprint density at radius 1 is 1.21 bits per heavy atom. The number of esters is 1. The monoisotopic (exact) mass is 372 g/mol. The Morgan fingerprint density at radius 2 is 2.04 bits per heavy atom. The van der Waals surface area contributed by atoms with Crippen LogP contribution in [0.1, 0.15) is 40.2 Å². The van der Waals surface area contributed by atoms with Crippen LogP contribution in [0.15, 0.2) is 47.7 Å². The van der Waals surface area contributed by atoms with E-state index in [1.54, 1.807) is 6.07 Å². The molecule has 0 saturated heterocycles. The first kappa shape index (κ1) is 17.0. The number of carbonyl (C=O) groups is 1. The molecule has 5 rings (SSSR count). The van der Waals surface area contributed by atoms with Gasteiger partial charge in [0.2, 0.25) is 0 Å². The van der Waals surface area contributed by atoms with E-state index in [0.29, 0.717) is 17.7 Å². The molecule has 140 valence electrons. The number of nitrogens with zero attached hydrogens (tertiary/aromatic N) is 2. The number of cyclic esters (lactones) is 1. The standard InChI is InChI=1S/C23H20N2O3/c24-12-14-3-1-6-17(9-14)21-18-10-15-4-2-5-16(15)11-19(18)25(7-8-26)20-13-28-23(27)22(20)21/h1,3,6,9-11,21,26H,2,4-5,7-8,13H2. The molecule has 1 atom stereocenters. The third-order valence-corrected chi connectivity index (χ3v) is 6.00. The second-order valence-corrected chi connectivity index (χ2v) is 7.52. The van der Waals surface area contributed by atoms with Crippen molar-refractivity contribution in [2.45, 2.75) is 25.2 Å². The summed E-state index contributed by atoms with van der Waals surface area (Å²) in [7, 11) is 0. The third kappa shape index (κ3) is 2.45. The second kappa shape index (κ2) is 6.50. The van der Waals surface area contributed by atoms with E-state index in [2.05, 4.69) is 18.2 Å². The molecule has 0 radical (unpaired) electrons. The van der Waals surface area contributed by atoms with Crippen molar-refractivity contribution in [2.75, 3.05) is 24.7 Å². The van der Waals surface area contributed by atoms with Gasteiger partial charge in [0.1, 0.15) is 6.61 Å². The number of nitriles is 1. The van der Waals surface area contributed by atoms with Crippen molar-refractivity contribution in [2.24, 2.45) is 0 Å². The number of hydrogen-bond acceptors (Lipinski definition) is 5. The highest BCUT2D eigenvalue weighted by Crippen LogP contribution is 2.48. The van der Waals surface area contributed by atoms with Gasteiger partial charge >= 0.3 is 5.97 Å². The van der Waals surface area contributed by atoms with E-state index < -0.39 is 0 Å². The Bertz CT molecular complexity index is 1060. The van der Waals surface area contributed by atoms with Gasteiger partial charge in [-0.2, -0.15) is 5.26 Å². The Labute approximate surface area is 163 Å². The summed E-state index contributed by atoms with van der Waals surface area (Å²) < 4.78 is 5.42. The van der Waals surface area contributed by atoms with E-state index in [4.69, 9.17) is 4.74 Å². The maximum absolute atomic E-state index is 12.7. The van der Waals surface area contributed by atoms with Gasteiger partial charge in [0, 0.05) is 18.2 Å².